The predicted octanol–water partition coefficient (Wildman–Crippen LogP) is 2.44. The van der Waals surface area contributed by atoms with E-state index in [1.165, 1.54) is 11.8 Å². The number of hydrogen-bond acceptors (Lipinski definition) is 4. The molecule has 1 heterocycles. The lowest BCUT2D eigenvalue weighted by molar-refractivity contribution is -0.141. The number of aliphatic carboxylic acids is 1. The van der Waals surface area contributed by atoms with E-state index in [0.717, 1.165) is 12.0 Å². The van der Waals surface area contributed by atoms with Crippen LogP contribution >= 0.6 is 0 Å². The quantitative estimate of drug-likeness (QED) is 0.823. The van der Waals surface area contributed by atoms with Crippen molar-refractivity contribution in [3.8, 4) is 0 Å². The molecule has 7 nitrogen and oxygen atoms in total. The fourth-order valence-electron chi connectivity index (χ4n) is 3.16. The van der Waals surface area contributed by atoms with E-state index in [2.05, 4.69) is 5.32 Å². The molecule has 1 unspecified atom stereocenters. The van der Waals surface area contributed by atoms with Gasteiger partial charge in [-0.25, -0.2) is 4.79 Å². The maximum atomic E-state index is 12.6. The Morgan fingerprint density at radius 2 is 1.89 bits per heavy atom. The number of carbonyl (C=O) groups is 3. The third-order valence-electron chi connectivity index (χ3n) is 4.41. The van der Waals surface area contributed by atoms with E-state index >= 15 is 0 Å². The number of hydrogen-bond donors (Lipinski definition) is 2. The molecule has 0 aliphatic carbocycles. The number of likely N-dealkylation sites (tertiary alicyclic amines) is 1. The second kappa shape index (κ2) is 8.41. The third-order valence-corrected chi connectivity index (χ3v) is 4.41. The first-order valence-corrected chi connectivity index (χ1v) is 9.13. The van der Waals surface area contributed by atoms with Crippen LogP contribution in [0, 0.1) is 5.92 Å². The summed E-state index contributed by atoms with van der Waals surface area (Å²) in [4.78, 5) is 37.7. The Labute approximate surface area is 159 Å². The second-order valence-electron chi connectivity index (χ2n) is 8.01. The van der Waals surface area contributed by atoms with Crippen LogP contribution in [-0.4, -0.2) is 52.2 Å². The van der Waals surface area contributed by atoms with Gasteiger partial charge in [0.05, 0.1) is 0 Å². The molecule has 7 heteroatoms. The molecule has 0 saturated carbocycles. The summed E-state index contributed by atoms with van der Waals surface area (Å²) >= 11 is 0. The molecular formula is C20H28N2O5. The zero-order chi connectivity index (χ0) is 20.2. The highest BCUT2D eigenvalue weighted by Gasteiger charge is 2.41. The standard InChI is InChI=1S/C20H28N2O5/c1-13(18(24)25)21-17(23)16-11-15(10-14-8-6-5-7-9-14)12-22(16)19(26)27-20(2,3)4/h5-9,13,15-16H,10-12H2,1-4H3,(H,21,23)(H,24,25)/t13?,15-,16+/m0/s1. The van der Waals surface area contributed by atoms with Gasteiger partial charge in [-0.15, -0.1) is 0 Å². The summed E-state index contributed by atoms with van der Waals surface area (Å²) in [5.41, 5.74) is 0.455. The van der Waals surface area contributed by atoms with E-state index in [-0.39, 0.29) is 5.92 Å². The maximum absolute atomic E-state index is 12.6. The van der Waals surface area contributed by atoms with Gasteiger partial charge in [0.25, 0.3) is 0 Å². The number of amides is 2. The van der Waals surface area contributed by atoms with Crippen LogP contribution in [0.1, 0.15) is 39.7 Å². The zero-order valence-electron chi connectivity index (χ0n) is 16.3. The van der Waals surface area contributed by atoms with Crippen molar-refractivity contribution in [3.05, 3.63) is 35.9 Å². The molecule has 0 radical (unpaired) electrons. The highest BCUT2D eigenvalue weighted by molar-refractivity contribution is 5.89. The Kier molecular flexibility index (Phi) is 6.46. The number of benzene rings is 1. The van der Waals surface area contributed by atoms with Crippen molar-refractivity contribution in [1.29, 1.82) is 0 Å². The van der Waals surface area contributed by atoms with Crippen molar-refractivity contribution in [2.75, 3.05) is 6.54 Å². The number of nitrogens with one attached hydrogen (secondary N) is 1. The number of carboxylic acids is 1. The van der Waals surface area contributed by atoms with Gasteiger partial charge in [0.2, 0.25) is 5.91 Å². The van der Waals surface area contributed by atoms with Gasteiger partial charge in [0.15, 0.2) is 0 Å². The minimum atomic E-state index is -1.12. The minimum absolute atomic E-state index is 0.0933. The fraction of sp³-hybridized carbons (Fsp3) is 0.550. The van der Waals surface area contributed by atoms with E-state index in [1.807, 2.05) is 30.3 Å². The average molecular weight is 376 g/mol. The van der Waals surface area contributed by atoms with Crippen LogP contribution in [0.25, 0.3) is 0 Å². The third kappa shape index (κ3) is 5.98. The van der Waals surface area contributed by atoms with Gasteiger partial charge in [-0.3, -0.25) is 14.5 Å². The lowest BCUT2D eigenvalue weighted by atomic mass is 9.96. The molecule has 2 rings (SSSR count). The topological polar surface area (TPSA) is 95.9 Å². The molecule has 1 aliphatic heterocycles. The summed E-state index contributed by atoms with van der Waals surface area (Å²) in [6, 6.07) is 8.11. The number of carboxylic acid groups (broad SMARTS) is 1. The van der Waals surface area contributed by atoms with Crippen LogP contribution in [0.5, 0.6) is 0 Å². The molecule has 0 spiro atoms. The lowest BCUT2D eigenvalue weighted by Gasteiger charge is -2.28. The number of ether oxygens (including phenoxy) is 1. The maximum Gasteiger partial charge on any atom is 0.410 e. The van der Waals surface area contributed by atoms with Crippen LogP contribution in [0.4, 0.5) is 4.79 Å². The molecule has 1 aromatic rings. The summed E-state index contributed by atoms with van der Waals surface area (Å²) in [6.45, 7) is 7.09. The molecule has 2 amide bonds. The second-order valence-corrected chi connectivity index (χ2v) is 8.01. The fourth-order valence-corrected chi connectivity index (χ4v) is 3.16. The van der Waals surface area contributed by atoms with Crippen LogP contribution in [0.15, 0.2) is 30.3 Å². The van der Waals surface area contributed by atoms with Crippen molar-refractivity contribution >= 4 is 18.0 Å². The van der Waals surface area contributed by atoms with E-state index in [0.29, 0.717) is 13.0 Å². The summed E-state index contributed by atoms with van der Waals surface area (Å²) in [7, 11) is 0. The van der Waals surface area contributed by atoms with Gasteiger partial charge in [-0.1, -0.05) is 30.3 Å². The Morgan fingerprint density at radius 3 is 2.44 bits per heavy atom. The number of carbonyl (C=O) groups excluding carboxylic acids is 2. The van der Waals surface area contributed by atoms with E-state index in [1.54, 1.807) is 20.8 Å². The molecule has 0 aromatic heterocycles. The molecule has 1 fully saturated rings. The van der Waals surface area contributed by atoms with Crippen molar-refractivity contribution in [2.24, 2.45) is 5.92 Å². The summed E-state index contributed by atoms with van der Waals surface area (Å²) < 4.78 is 5.44. The molecule has 3 atom stereocenters. The zero-order valence-corrected chi connectivity index (χ0v) is 16.3. The van der Waals surface area contributed by atoms with Gasteiger partial charge in [0.1, 0.15) is 17.7 Å². The monoisotopic (exact) mass is 376 g/mol. The van der Waals surface area contributed by atoms with Crippen LogP contribution in [0.2, 0.25) is 0 Å². The van der Waals surface area contributed by atoms with Crippen LogP contribution in [-0.2, 0) is 20.7 Å². The summed E-state index contributed by atoms with van der Waals surface area (Å²) in [5.74, 6) is -1.49. The molecular weight excluding hydrogens is 348 g/mol. The van der Waals surface area contributed by atoms with E-state index < -0.39 is 35.7 Å². The Balaban J connectivity index is 2.14. The van der Waals surface area contributed by atoms with Crippen molar-refractivity contribution < 1.29 is 24.2 Å². The first kappa shape index (κ1) is 20.7. The van der Waals surface area contributed by atoms with Gasteiger partial charge < -0.3 is 15.2 Å². The lowest BCUT2D eigenvalue weighted by Crippen LogP contribution is -2.50. The SMILES string of the molecule is CC(NC(=O)[C@H]1C[C@H](Cc2ccccc2)CN1C(=O)OC(C)(C)C)C(=O)O. The normalized spacial score (nSPS) is 20.8. The highest BCUT2D eigenvalue weighted by atomic mass is 16.6. The highest BCUT2D eigenvalue weighted by Crippen LogP contribution is 2.28. The van der Waals surface area contributed by atoms with Crippen molar-refractivity contribution in [1.82, 2.24) is 10.2 Å². The minimum Gasteiger partial charge on any atom is -0.480 e. The van der Waals surface area contributed by atoms with Crippen LogP contribution in [0.3, 0.4) is 0 Å². The Bertz CT molecular complexity index is 683. The Hall–Kier alpha value is -2.57. The van der Waals surface area contributed by atoms with Gasteiger partial charge in [-0.05, 0) is 52.0 Å². The predicted molar refractivity (Wildman–Crippen MR) is 100 cm³/mol. The largest absolute Gasteiger partial charge is 0.480 e. The molecule has 1 aliphatic rings. The number of rotatable bonds is 5. The first-order chi connectivity index (χ1) is 12.6. The smallest absolute Gasteiger partial charge is 0.410 e. The molecule has 0 bridgehead atoms. The first-order valence-electron chi connectivity index (χ1n) is 9.13. The van der Waals surface area contributed by atoms with Gasteiger partial charge in [-0.2, -0.15) is 0 Å². The van der Waals surface area contributed by atoms with Crippen molar-refractivity contribution in [2.45, 2.75) is 58.2 Å². The summed E-state index contributed by atoms with van der Waals surface area (Å²) in [6.07, 6.45) is 0.645. The molecule has 148 valence electrons. The van der Waals surface area contributed by atoms with Crippen molar-refractivity contribution in [3.63, 3.8) is 0 Å². The van der Waals surface area contributed by atoms with Gasteiger partial charge in [0, 0.05) is 6.54 Å². The number of nitrogens with zero attached hydrogens (tertiary/aromatic N) is 1. The molecule has 2 N–H and O–H groups in total. The molecule has 1 saturated heterocycles. The van der Waals surface area contributed by atoms with E-state index in [4.69, 9.17) is 9.84 Å². The van der Waals surface area contributed by atoms with Gasteiger partial charge >= 0.3 is 12.1 Å². The summed E-state index contributed by atoms with van der Waals surface area (Å²) in [5, 5.41) is 11.5. The molecule has 1 aromatic carbocycles. The Morgan fingerprint density at radius 1 is 1.26 bits per heavy atom. The van der Waals surface area contributed by atoms with Crippen LogP contribution < -0.4 is 5.32 Å². The average Bonchev–Trinajstić information content (AvgIpc) is 2.98. The molecule has 27 heavy (non-hydrogen) atoms. The van der Waals surface area contributed by atoms with E-state index in [9.17, 15) is 14.4 Å².